The highest BCUT2D eigenvalue weighted by molar-refractivity contribution is 9.10. The number of carbonyl (C=O) groups is 1. The molecule has 1 unspecified atom stereocenters. The van der Waals surface area contributed by atoms with E-state index < -0.39 is 6.23 Å². The predicted octanol–water partition coefficient (Wildman–Crippen LogP) is 4.95. The van der Waals surface area contributed by atoms with Gasteiger partial charge in [0, 0.05) is 40.6 Å². The highest BCUT2D eigenvalue weighted by Crippen LogP contribution is 2.35. The van der Waals surface area contributed by atoms with Crippen LogP contribution in [0.1, 0.15) is 17.4 Å². The summed E-state index contributed by atoms with van der Waals surface area (Å²) >= 11 is 3.46. The number of anilines is 1. The number of nitrogens with one attached hydrogen (secondary N) is 1. The van der Waals surface area contributed by atoms with E-state index in [1.807, 2.05) is 54.7 Å². The number of hydrogen-bond acceptors (Lipinski definition) is 5. The van der Waals surface area contributed by atoms with E-state index in [2.05, 4.69) is 21.2 Å². The van der Waals surface area contributed by atoms with Crippen molar-refractivity contribution >= 4 is 27.5 Å². The van der Waals surface area contributed by atoms with E-state index in [9.17, 15) is 9.18 Å². The third-order valence-corrected chi connectivity index (χ3v) is 6.75. The molecule has 0 radical (unpaired) electrons. The summed E-state index contributed by atoms with van der Waals surface area (Å²) in [7, 11) is 0. The molecule has 0 spiro atoms. The van der Waals surface area contributed by atoms with Crippen LogP contribution in [0.25, 0.3) is 16.9 Å². The van der Waals surface area contributed by atoms with E-state index in [4.69, 9.17) is 14.9 Å². The highest BCUT2D eigenvalue weighted by atomic mass is 79.9. The van der Waals surface area contributed by atoms with Gasteiger partial charge in [-0.15, -0.1) is 0 Å². The van der Waals surface area contributed by atoms with Gasteiger partial charge in [0.2, 0.25) is 0 Å². The van der Waals surface area contributed by atoms with Gasteiger partial charge in [0.15, 0.2) is 6.23 Å². The first-order valence-electron chi connectivity index (χ1n) is 12.0. The van der Waals surface area contributed by atoms with E-state index in [1.165, 1.54) is 12.1 Å². The summed E-state index contributed by atoms with van der Waals surface area (Å²) in [6, 6.07) is 21.8. The molecule has 1 aromatic heterocycles. The van der Waals surface area contributed by atoms with Crippen molar-refractivity contribution in [2.75, 3.05) is 31.6 Å². The van der Waals surface area contributed by atoms with Crippen molar-refractivity contribution in [3.63, 3.8) is 0 Å². The predicted molar refractivity (Wildman–Crippen MR) is 143 cm³/mol. The molecule has 37 heavy (non-hydrogen) atoms. The molecule has 1 aliphatic heterocycles. The Hall–Kier alpha value is -3.53. The lowest BCUT2D eigenvalue weighted by molar-refractivity contribution is -0.128. The number of aliphatic hydroxyl groups is 1. The summed E-state index contributed by atoms with van der Waals surface area (Å²) in [6.45, 7) is 1.02. The van der Waals surface area contributed by atoms with Crippen LogP contribution in [0, 0.1) is 5.82 Å². The molecule has 9 heteroatoms. The van der Waals surface area contributed by atoms with Crippen molar-refractivity contribution < 1.29 is 19.0 Å². The average molecular weight is 565 g/mol. The summed E-state index contributed by atoms with van der Waals surface area (Å²) in [5, 5.41) is 16.9. The number of rotatable bonds is 9. The van der Waals surface area contributed by atoms with Gasteiger partial charge in [-0.25, -0.2) is 9.07 Å². The SMILES string of the molecule is O=C1COC(c2cn(-c3ccc(Br)cc3)nc2-c2ccc(F)cc2)N1CCc1ccc(NCCO)cc1. The fourth-order valence-electron chi connectivity index (χ4n) is 4.32. The maximum absolute atomic E-state index is 13.7. The van der Waals surface area contributed by atoms with Crippen LogP contribution in [0.2, 0.25) is 0 Å². The first kappa shape index (κ1) is 25.1. The van der Waals surface area contributed by atoms with Crippen LogP contribution < -0.4 is 5.32 Å². The lowest BCUT2D eigenvalue weighted by atomic mass is 10.1. The van der Waals surface area contributed by atoms with Gasteiger partial charge < -0.3 is 20.1 Å². The van der Waals surface area contributed by atoms with Gasteiger partial charge in [-0.3, -0.25) is 4.79 Å². The third-order valence-electron chi connectivity index (χ3n) is 6.22. The molecule has 0 bridgehead atoms. The van der Waals surface area contributed by atoms with Gasteiger partial charge in [-0.1, -0.05) is 28.1 Å². The number of amides is 1. The van der Waals surface area contributed by atoms with Crippen molar-refractivity contribution in [2.45, 2.75) is 12.6 Å². The number of carbonyl (C=O) groups excluding carboxylic acids is 1. The quantitative estimate of drug-likeness (QED) is 0.301. The molecule has 4 aromatic rings. The normalized spacial score (nSPS) is 15.4. The molecule has 2 N–H and O–H groups in total. The third kappa shape index (κ3) is 5.74. The molecule has 190 valence electrons. The molecule has 1 aliphatic rings. The number of aliphatic hydroxyl groups excluding tert-OH is 1. The largest absolute Gasteiger partial charge is 0.395 e. The monoisotopic (exact) mass is 564 g/mol. The van der Waals surface area contributed by atoms with Crippen molar-refractivity contribution in [1.29, 1.82) is 0 Å². The fourth-order valence-corrected chi connectivity index (χ4v) is 4.58. The maximum atomic E-state index is 13.7. The zero-order valence-electron chi connectivity index (χ0n) is 20.0. The zero-order valence-corrected chi connectivity index (χ0v) is 21.6. The van der Waals surface area contributed by atoms with Crippen LogP contribution in [0.3, 0.4) is 0 Å². The average Bonchev–Trinajstić information content (AvgIpc) is 3.51. The Labute approximate surface area is 222 Å². The number of nitrogens with zero attached hydrogens (tertiary/aromatic N) is 3. The smallest absolute Gasteiger partial charge is 0.250 e. The summed E-state index contributed by atoms with van der Waals surface area (Å²) in [4.78, 5) is 14.6. The molecule has 5 rings (SSSR count). The van der Waals surface area contributed by atoms with Crippen LogP contribution in [0.5, 0.6) is 0 Å². The fraction of sp³-hybridized carbons (Fsp3) is 0.214. The molecule has 3 aromatic carbocycles. The Bertz CT molecular complexity index is 1360. The molecule has 1 saturated heterocycles. The van der Waals surface area contributed by atoms with Crippen LogP contribution >= 0.6 is 15.9 Å². The van der Waals surface area contributed by atoms with E-state index in [1.54, 1.807) is 21.7 Å². The summed E-state index contributed by atoms with van der Waals surface area (Å²) in [5.41, 5.74) is 4.97. The Morgan fingerprint density at radius 3 is 2.49 bits per heavy atom. The minimum Gasteiger partial charge on any atom is -0.395 e. The van der Waals surface area contributed by atoms with Crippen molar-refractivity contribution in [3.05, 3.63) is 100 Å². The Kier molecular flexibility index (Phi) is 7.64. The number of benzene rings is 3. The molecular weight excluding hydrogens is 539 g/mol. The molecule has 0 saturated carbocycles. The molecule has 1 fully saturated rings. The highest BCUT2D eigenvalue weighted by Gasteiger charge is 2.36. The second kappa shape index (κ2) is 11.2. The van der Waals surface area contributed by atoms with E-state index in [0.717, 1.165) is 32.5 Å². The summed E-state index contributed by atoms with van der Waals surface area (Å²) in [5.74, 6) is -0.420. The van der Waals surface area contributed by atoms with Gasteiger partial charge >= 0.3 is 0 Å². The summed E-state index contributed by atoms with van der Waals surface area (Å²) in [6.07, 6.45) is 1.92. The van der Waals surface area contributed by atoms with Crippen LogP contribution in [-0.2, 0) is 16.0 Å². The standard InChI is InChI=1S/C28H26BrFN4O3/c29-21-5-11-24(12-6-21)34-17-25(27(32-34)20-3-7-22(30)8-4-20)28-33(26(36)18-37-28)15-13-19-1-9-23(10-2-19)31-14-16-35/h1-12,17,28,31,35H,13-16,18H2. The van der Waals surface area contributed by atoms with Crippen LogP contribution in [-0.4, -0.2) is 52.0 Å². The molecule has 1 amide bonds. The first-order valence-corrected chi connectivity index (χ1v) is 12.8. The van der Waals surface area contributed by atoms with E-state index in [0.29, 0.717) is 25.2 Å². The van der Waals surface area contributed by atoms with Crippen LogP contribution in [0.4, 0.5) is 10.1 Å². The molecule has 1 atom stereocenters. The number of hydrogen-bond donors (Lipinski definition) is 2. The second-order valence-corrected chi connectivity index (χ2v) is 9.62. The molecule has 0 aliphatic carbocycles. The van der Waals surface area contributed by atoms with Gasteiger partial charge in [-0.2, -0.15) is 5.10 Å². The summed E-state index contributed by atoms with van der Waals surface area (Å²) < 4.78 is 22.3. The molecule has 7 nitrogen and oxygen atoms in total. The van der Waals surface area contributed by atoms with E-state index >= 15 is 0 Å². The van der Waals surface area contributed by atoms with E-state index in [-0.39, 0.29) is 24.9 Å². The van der Waals surface area contributed by atoms with Gasteiger partial charge in [0.25, 0.3) is 5.91 Å². The van der Waals surface area contributed by atoms with Gasteiger partial charge in [-0.05, 0) is 72.6 Å². The minimum atomic E-state index is -0.609. The molecular formula is C28H26BrFN4O3. The van der Waals surface area contributed by atoms with Crippen molar-refractivity contribution in [2.24, 2.45) is 0 Å². The second-order valence-electron chi connectivity index (χ2n) is 8.71. The maximum Gasteiger partial charge on any atom is 0.250 e. The zero-order chi connectivity index (χ0) is 25.8. The van der Waals surface area contributed by atoms with Crippen LogP contribution in [0.15, 0.2) is 83.5 Å². The van der Waals surface area contributed by atoms with Gasteiger partial charge in [0.1, 0.15) is 18.1 Å². The van der Waals surface area contributed by atoms with Crippen molar-refractivity contribution in [1.82, 2.24) is 14.7 Å². The number of ether oxygens (including phenoxy) is 1. The Balaban J connectivity index is 1.42. The first-order chi connectivity index (χ1) is 18.0. The minimum absolute atomic E-state index is 0.0129. The lowest BCUT2D eigenvalue weighted by Crippen LogP contribution is -2.30. The topological polar surface area (TPSA) is 79.6 Å². The number of aromatic nitrogens is 2. The Morgan fingerprint density at radius 2 is 1.78 bits per heavy atom. The van der Waals surface area contributed by atoms with Gasteiger partial charge in [0.05, 0.1) is 12.3 Å². The number of halogens is 2. The molecule has 2 heterocycles. The van der Waals surface area contributed by atoms with Crippen molar-refractivity contribution in [3.8, 4) is 16.9 Å². The Morgan fingerprint density at radius 1 is 1.05 bits per heavy atom. The lowest BCUT2D eigenvalue weighted by Gasteiger charge is -2.23.